The van der Waals surface area contributed by atoms with Gasteiger partial charge < -0.3 is 14.8 Å². The molecule has 4 rings (SSSR count). The molecule has 0 fully saturated rings. The van der Waals surface area contributed by atoms with E-state index in [1.54, 1.807) is 35.7 Å². The normalized spacial score (nSPS) is 17.3. The Morgan fingerprint density at radius 1 is 1.15 bits per heavy atom. The molecule has 2 aliphatic rings. The molecule has 1 atom stereocenters. The summed E-state index contributed by atoms with van der Waals surface area (Å²) in [6, 6.07) is 10.2. The molecule has 0 saturated carbocycles. The number of allylic oxidation sites excluding steroid dienone is 1. The summed E-state index contributed by atoms with van der Waals surface area (Å²) in [5.41, 5.74) is 1.11. The number of fused-ring (bicyclic) bond motifs is 1. The maximum Gasteiger partial charge on any atom is 0.501 e. The van der Waals surface area contributed by atoms with Gasteiger partial charge in [0.05, 0.1) is 14.2 Å². The highest BCUT2D eigenvalue weighted by Gasteiger charge is 2.49. The summed E-state index contributed by atoms with van der Waals surface area (Å²) in [4.78, 5) is 39.9. The van der Waals surface area contributed by atoms with Gasteiger partial charge in [-0.25, -0.2) is 9.18 Å². The molecule has 2 heterocycles. The van der Waals surface area contributed by atoms with Gasteiger partial charge in [0.1, 0.15) is 18.1 Å². The van der Waals surface area contributed by atoms with Crippen LogP contribution in [-0.2, 0) is 16.1 Å². The Morgan fingerprint density at radius 3 is 2.64 bits per heavy atom. The first-order chi connectivity index (χ1) is 15.9. The summed E-state index contributed by atoms with van der Waals surface area (Å²) in [7, 11) is 2.99. The molecule has 170 valence electrons. The van der Waals surface area contributed by atoms with Crippen LogP contribution in [0.15, 0.2) is 53.9 Å². The minimum Gasteiger partial charge on any atom is -0.493 e. The number of hydrogen-bond donors (Lipinski definition) is 1. The molecule has 4 amide bonds. The van der Waals surface area contributed by atoms with Crippen molar-refractivity contribution in [2.75, 3.05) is 26.1 Å². The van der Waals surface area contributed by atoms with Crippen molar-refractivity contribution in [2.24, 2.45) is 0 Å². The molecule has 1 unspecified atom stereocenters. The first kappa shape index (κ1) is 22.5. The van der Waals surface area contributed by atoms with E-state index in [1.165, 1.54) is 48.8 Å². The first-order valence-corrected chi connectivity index (χ1v) is 10.9. The van der Waals surface area contributed by atoms with Crippen LogP contribution in [0.2, 0.25) is 0 Å². The van der Waals surface area contributed by atoms with Gasteiger partial charge >= 0.3 is 11.9 Å². The Bertz CT molecular complexity index is 1200. The Labute approximate surface area is 193 Å². The van der Waals surface area contributed by atoms with Gasteiger partial charge in [0.15, 0.2) is 23.3 Å². The maximum absolute atomic E-state index is 14.2. The number of nitrogens with one attached hydrogen (secondary N) is 1. The van der Waals surface area contributed by atoms with Crippen LogP contribution in [-0.4, -0.2) is 59.0 Å². The number of benzene rings is 2. The quantitative estimate of drug-likeness (QED) is 0.626. The van der Waals surface area contributed by atoms with Gasteiger partial charge in [-0.1, -0.05) is 18.2 Å². The summed E-state index contributed by atoms with van der Waals surface area (Å²) in [5.74, 6) is -0.467. The lowest BCUT2D eigenvalue weighted by molar-refractivity contribution is -0.426. The molecule has 0 bridgehead atoms. The van der Waals surface area contributed by atoms with Crippen LogP contribution < -0.4 is 14.8 Å². The van der Waals surface area contributed by atoms with Gasteiger partial charge in [-0.3, -0.25) is 4.79 Å². The van der Waals surface area contributed by atoms with Crippen molar-refractivity contribution in [3.63, 3.8) is 0 Å². The summed E-state index contributed by atoms with van der Waals surface area (Å²) in [5, 5.41) is 3.77. The summed E-state index contributed by atoms with van der Waals surface area (Å²) < 4.78 is 25.8. The largest absolute Gasteiger partial charge is 0.501 e. The van der Waals surface area contributed by atoms with Crippen LogP contribution in [0.5, 0.6) is 11.5 Å². The summed E-state index contributed by atoms with van der Waals surface area (Å²) in [6.07, 6.45) is 1.65. The van der Waals surface area contributed by atoms with Crippen molar-refractivity contribution in [2.45, 2.75) is 11.8 Å². The number of methoxy groups -OCH3 is 2. The third-order valence-electron chi connectivity index (χ3n) is 5.24. The number of amides is 4. The van der Waals surface area contributed by atoms with Crippen LogP contribution in [0.4, 0.5) is 14.9 Å². The minimum absolute atomic E-state index is 0.216. The second-order valence-electron chi connectivity index (χ2n) is 7.25. The fourth-order valence-electron chi connectivity index (χ4n) is 3.61. The summed E-state index contributed by atoms with van der Waals surface area (Å²) >= 11 is 1.24. The molecule has 10 heteroatoms. The highest BCUT2D eigenvalue weighted by Crippen LogP contribution is 2.30. The summed E-state index contributed by atoms with van der Waals surface area (Å²) in [6.45, 7) is -0.534. The van der Waals surface area contributed by atoms with Crippen LogP contribution >= 0.6 is 11.8 Å². The predicted molar refractivity (Wildman–Crippen MR) is 121 cm³/mol. The van der Waals surface area contributed by atoms with E-state index in [4.69, 9.17) is 9.47 Å². The third-order valence-corrected chi connectivity index (χ3v) is 6.25. The lowest BCUT2D eigenvalue weighted by atomic mass is 10.1. The third kappa shape index (κ3) is 4.47. The van der Waals surface area contributed by atoms with Gasteiger partial charge in [-0.15, -0.1) is 11.8 Å². The molecule has 0 saturated heterocycles. The maximum atomic E-state index is 14.2. The van der Waals surface area contributed by atoms with Gasteiger partial charge in [-0.2, -0.15) is 14.3 Å². The smallest absolute Gasteiger partial charge is 0.493 e. The molecule has 0 aromatic heterocycles. The van der Waals surface area contributed by atoms with Gasteiger partial charge in [0.2, 0.25) is 0 Å². The number of ether oxygens (including phenoxy) is 2. The van der Waals surface area contributed by atoms with Crippen molar-refractivity contribution >= 4 is 41.0 Å². The Kier molecular flexibility index (Phi) is 6.45. The van der Waals surface area contributed by atoms with E-state index in [-0.39, 0.29) is 18.7 Å². The second-order valence-corrected chi connectivity index (χ2v) is 8.26. The molecular formula is C23H21FN3O5S+. The van der Waals surface area contributed by atoms with E-state index < -0.39 is 28.9 Å². The van der Waals surface area contributed by atoms with Crippen LogP contribution in [0.1, 0.15) is 5.56 Å². The van der Waals surface area contributed by atoms with E-state index in [9.17, 15) is 18.8 Å². The number of hydrogen-bond acceptors (Lipinski definition) is 6. The molecule has 8 nitrogen and oxygen atoms in total. The average molecular weight is 471 g/mol. The Morgan fingerprint density at radius 2 is 1.91 bits per heavy atom. The molecule has 1 N–H and O–H groups in total. The van der Waals surface area contributed by atoms with Crippen molar-refractivity contribution in [3.8, 4) is 11.5 Å². The van der Waals surface area contributed by atoms with Gasteiger partial charge in [0.25, 0.3) is 5.91 Å². The van der Waals surface area contributed by atoms with Crippen LogP contribution in [0, 0.1) is 5.82 Å². The Balaban J connectivity index is 1.56. The monoisotopic (exact) mass is 470 g/mol. The zero-order valence-corrected chi connectivity index (χ0v) is 18.7. The number of carbonyl (C=O) groups excluding carboxylic acids is 3. The molecule has 2 aliphatic heterocycles. The average Bonchev–Trinajstić information content (AvgIpc) is 3.30. The van der Waals surface area contributed by atoms with Gasteiger partial charge in [-0.05, 0) is 29.7 Å². The number of anilines is 1. The lowest BCUT2D eigenvalue weighted by Crippen LogP contribution is -2.55. The van der Waals surface area contributed by atoms with E-state index >= 15 is 0 Å². The molecule has 2 aromatic rings. The van der Waals surface area contributed by atoms with Gasteiger partial charge in [0, 0.05) is 17.3 Å². The highest BCUT2D eigenvalue weighted by atomic mass is 32.2. The second kappa shape index (κ2) is 9.45. The van der Waals surface area contributed by atoms with E-state index in [1.807, 2.05) is 0 Å². The van der Waals surface area contributed by atoms with E-state index in [0.717, 1.165) is 4.90 Å². The number of thioether (sulfide) groups is 1. The molecule has 0 spiro atoms. The Hall–Kier alpha value is -3.66. The van der Waals surface area contributed by atoms with Crippen molar-refractivity contribution in [1.29, 1.82) is 0 Å². The molecule has 0 radical (unpaired) electrons. The lowest BCUT2D eigenvalue weighted by Gasteiger charge is -2.24. The topological polar surface area (TPSA) is 88.0 Å². The highest BCUT2D eigenvalue weighted by molar-refractivity contribution is 8.04. The zero-order valence-electron chi connectivity index (χ0n) is 17.9. The number of imide groups is 1. The number of urea groups is 1. The molecule has 0 aliphatic carbocycles. The minimum atomic E-state index is -0.677. The van der Waals surface area contributed by atoms with Crippen molar-refractivity contribution < 1.29 is 32.8 Å². The van der Waals surface area contributed by atoms with E-state index in [0.29, 0.717) is 22.9 Å². The van der Waals surface area contributed by atoms with E-state index in [2.05, 4.69) is 5.32 Å². The molecular weight excluding hydrogens is 449 g/mol. The van der Waals surface area contributed by atoms with Crippen LogP contribution in [0.25, 0.3) is 0 Å². The number of rotatable bonds is 7. The molecule has 33 heavy (non-hydrogen) atoms. The number of halogens is 1. The fourth-order valence-corrected chi connectivity index (χ4v) is 4.58. The standard InChI is InChI=1S/C23H20FN3O5S/c1-31-18-8-7-15(11-19(18)32-2)25-20(28)13-26-17-9-10-33-21(17)22(29)27(23(26)30)12-14-5-3-4-6-16(14)24/h3-11,21H,12-13H2,1-2H3/p+1. The predicted octanol–water partition coefficient (Wildman–Crippen LogP) is 3.03. The van der Waals surface area contributed by atoms with Crippen molar-refractivity contribution in [1.82, 2.24) is 4.90 Å². The molecule has 2 aromatic carbocycles. The first-order valence-electron chi connectivity index (χ1n) is 10.00. The number of nitrogens with zero attached hydrogens (tertiary/aromatic N) is 2. The van der Waals surface area contributed by atoms with Crippen LogP contribution in [0.3, 0.4) is 0 Å². The fraction of sp³-hybridized carbons (Fsp3) is 0.217. The zero-order chi connectivity index (χ0) is 23.5. The number of carbonyl (C=O) groups is 3. The van der Waals surface area contributed by atoms with Crippen molar-refractivity contribution in [3.05, 3.63) is 65.3 Å². The SMILES string of the molecule is COc1ccc(NC(=O)C[N+]2=C3C=CSC3C(=O)N(Cc3ccccc3F)C2=O)cc1OC.